The number of para-hydroxylation sites is 2. The lowest BCUT2D eigenvalue weighted by atomic mass is 9.96. The molecule has 7 heteroatoms. The maximum atomic E-state index is 11.9. The second kappa shape index (κ2) is 9.48. The third kappa shape index (κ3) is 4.67. The van der Waals surface area contributed by atoms with Crippen LogP contribution in [-0.4, -0.2) is 18.4 Å². The van der Waals surface area contributed by atoms with Crippen LogP contribution in [-0.2, 0) is 22.6 Å². The van der Waals surface area contributed by atoms with Crippen molar-refractivity contribution in [1.29, 1.82) is 0 Å². The molecule has 3 aromatic carbocycles. The Balaban J connectivity index is 1.66. The molecule has 0 amide bonds. The van der Waals surface area contributed by atoms with E-state index < -0.39 is 0 Å². The minimum Gasteiger partial charge on any atom is -0.489 e. The van der Waals surface area contributed by atoms with E-state index in [-0.39, 0.29) is 18.2 Å². The lowest BCUT2D eigenvalue weighted by Crippen LogP contribution is -2.46. The fourth-order valence-corrected chi connectivity index (χ4v) is 3.80. The van der Waals surface area contributed by atoms with Gasteiger partial charge >= 0.3 is 5.97 Å². The number of rotatable bonds is 8. The second-order valence-corrected chi connectivity index (χ2v) is 7.58. The van der Waals surface area contributed by atoms with E-state index in [9.17, 15) is 4.79 Å². The molecule has 0 radical (unpaired) electrons. The standard InChI is InChI=1S/C26H25N3O4/c1-2-31-23(30)14-17-6-3-4-9-22(17)33-15-16-12-18-10-11-32-25(18)21(13-16)19-7-5-8-20(24(19)27)26(28)29/h3-13H,2,14-15,27H2,1H3,(H3,28,29)/p+1. The molecular formula is C26H26N3O4+. The summed E-state index contributed by atoms with van der Waals surface area (Å²) in [5.74, 6) is 0.496. The molecule has 0 aliphatic rings. The lowest BCUT2D eigenvalue weighted by molar-refractivity contribution is -0.142. The second-order valence-electron chi connectivity index (χ2n) is 7.58. The number of nitrogens with two attached hydrogens (primary N) is 3. The van der Waals surface area contributed by atoms with E-state index in [4.69, 9.17) is 30.8 Å². The molecule has 0 saturated carbocycles. The Morgan fingerprint density at radius 2 is 1.88 bits per heavy atom. The van der Waals surface area contributed by atoms with Crippen LogP contribution in [0.15, 0.2) is 71.3 Å². The Hall–Kier alpha value is -4.26. The number of hydrogen-bond acceptors (Lipinski definition) is 5. The van der Waals surface area contributed by atoms with Gasteiger partial charge in [0.25, 0.3) is 5.84 Å². The summed E-state index contributed by atoms with van der Waals surface area (Å²) in [4.78, 5) is 11.9. The SMILES string of the molecule is CCOC(=O)Cc1ccccc1OCc1cc(-c2cccc(C(N)=[NH2+])c2N)c2occc2c1. The first-order valence-electron chi connectivity index (χ1n) is 10.6. The largest absolute Gasteiger partial charge is 0.489 e. The van der Waals surface area contributed by atoms with E-state index >= 15 is 0 Å². The molecule has 7 nitrogen and oxygen atoms in total. The van der Waals surface area contributed by atoms with Crippen LogP contribution in [0.5, 0.6) is 5.75 Å². The Labute approximate surface area is 191 Å². The normalized spacial score (nSPS) is 10.8. The molecule has 0 fully saturated rings. The Kier molecular flexibility index (Phi) is 6.31. The monoisotopic (exact) mass is 444 g/mol. The van der Waals surface area contributed by atoms with Gasteiger partial charge in [0.05, 0.1) is 30.5 Å². The number of carbonyl (C=O) groups excluding carboxylic acids is 1. The van der Waals surface area contributed by atoms with Gasteiger partial charge < -0.3 is 19.6 Å². The highest BCUT2D eigenvalue weighted by Crippen LogP contribution is 2.36. The van der Waals surface area contributed by atoms with Gasteiger partial charge in [-0.25, -0.2) is 0 Å². The molecule has 6 N–H and O–H groups in total. The molecule has 33 heavy (non-hydrogen) atoms. The predicted octanol–water partition coefficient (Wildman–Crippen LogP) is 2.83. The molecule has 4 rings (SSSR count). The average molecular weight is 445 g/mol. The smallest absolute Gasteiger partial charge is 0.310 e. The molecule has 0 saturated heterocycles. The molecule has 0 aliphatic heterocycles. The first-order chi connectivity index (χ1) is 16.0. The van der Waals surface area contributed by atoms with E-state index in [1.165, 1.54) is 0 Å². The van der Waals surface area contributed by atoms with Crippen LogP contribution in [0.25, 0.3) is 22.1 Å². The van der Waals surface area contributed by atoms with Crippen molar-refractivity contribution in [1.82, 2.24) is 0 Å². The van der Waals surface area contributed by atoms with Crippen LogP contribution in [0, 0.1) is 0 Å². The number of fused-ring (bicyclic) bond motifs is 1. The Morgan fingerprint density at radius 3 is 2.67 bits per heavy atom. The minimum absolute atomic E-state index is 0.149. The van der Waals surface area contributed by atoms with Crippen LogP contribution < -0.4 is 21.6 Å². The molecule has 0 bridgehead atoms. The van der Waals surface area contributed by atoms with Crippen molar-refractivity contribution in [3.8, 4) is 16.9 Å². The molecule has 0 atom stereocenters. The van der Waals surface area contributed by atoms with E-state index in [0.717, 1.165) is 27.6 Å². The van der Waals surface area contributed by atoms with Crippen LogP contribution in [0.2, 0.25) is 0 Å². The zero-order chi connectivity index (χ0) is 23.4. The van der Waals surface area contributed by atoms with Crippen molar-refractivity contribution in [2.75, 3.05) is 12.3 Å². The third-order valence-electron chi connectivity index (χ3n) is 5.33. The minimum atomic E-state index is -0.290. The van der Waals surface area contributed by atoms with Crippen LogP contribution >= 0.6 is 0 Å². The van der Waals surface area contributed by atoms with Gasteiger partial charge in [-0.3, -0.25) is 15.9 Å². The van der Waals surface area contributed by atoms with E-state index in [1.54, 1.807) is 19.3 Å². The molecule has 0 unspecified atom stereocenters. The molecule has 0 aliphatic carbocycles. The number of esters is 1. The van der Waals surface area contributed by atoms with E-state index in [2.05, 4.69) is 0 Å². The van der Waals surface area contributed by atoms with Crippen molar-refractivity contribution < 1.29 is 24.1 Å². The number of benzene rings is 3. The number of anilines is 1. The van der Waals surface area contributed by atoms with E-state index in [1.807, 2.05) is 54.6 Å². The van der Waals surface area contributed by atoms with Crippen LogP contribution in [0.4, 0.5) is 5.69 Å². The topological polar surface area (TPSA) is 126 Å². The zero-order valence-electron chi connectivity index (χ0n) is 18.3. The average Bonchev–Trinajstić information content (AvgIpc) is 3.27. The lowest BCUT2D eigenvalue weighted by Gasteiger charge is -2.14. The van der Waals surface area contributed by atoms with Crippen molar-refractivity contribution in [2.45, 2.75) is 20.0 Å². The first kappa shape index (κ1) is 22.0. The van der Waals surface area contributed by atoms with Gasteiger partial charge in [-0.1, -0.05) is 30.3 Å². The van der Waals surface area contributed by atoms with Gasteiger partial charge in [-0.15, -0.1) is 0 Å². The number of furan rings is 1. The quantitative estimate of drug-likeness (QED) is 0.166. The number of hydrogen-bond donors (Lipinski definition) is 3. The van der Waals surface area contributed by atoms with Gasteiger partial charge in [0, 0.05) is 22.1 Å². The summed E-state index contributed by atoms with van der Waals surface area (Å²) in [7, 11) is 0. The molecule has 4 aromatic rings. The maximum Gasteiger partial charge on any atom is 0.310 e. The Morgan fingerprint density at radius 1 is 1.06 bits per heavy atom. The summed E-state index contributed by atoms with van der Waals surface area (Å²) in [5, 5.41) is 6.72. The molecule has 168 valence electrons. The summed E-state index contributed by atoms with van der Waals surface area (Å²) >= 11 is 0. The Bertz CT molecular complexity index is 1330. The van der Waals surface area contributed by atoms with Gasteiger partial charge in [-0.2, -0.15) is 0 Å². The number of amidine groups is 1. The van der Waals surface area contributed by atoms with Gasteiger partial charge in [0.15, 0.2) is 0 Å². The van der Waals surface area contributed by atoms with Gasteiger partial charge in [0.1, 0.15) is 17.9 Å². The van der Waals surface area contributed by atoms with Crippen molar-refractivity contribution in [3.05, 3.63) is 83.6 Å². The van der Waals surface area contributed by atoms with Crippen LogP contribution in [0.3, 0.4) is 0 Å². The van der Waals surface area contributed by atoms with Crippen molar-refractivity contribution in [2.24, 2.45) is 5.73 Å². The first-order valence-corrected chi connectivity index (χ1v) is 10.6. The molecule has 1 aromatic heterocycles. The highest BCUT2D eigenvalue weighted by Gasteiger charge is 2.17. The maximum absolute atomic E-state index is 11.9. The third-order valence-corrected chi connectivity index (χ3v) is 5.33. The summed E-state index contributed by atoms with van der Waals surface area (Å²) < 4.78 is 16.9. The van der Waals surface area contributed by atoms with Gasteiger partial charge in [0.2, 0.25) is 0 Å². The number of carbonyl (C=O) groups is 1. The van der Waals surface area contributed by atoms with Gasteiger partial charge in [-0.05, 0) is 42.8 Å². The van der Waals surface area contributed by atoms with Crippen LogP contribution in [0.1, 0.15) is 23.6 Å². The highest BCUT2D eigenvalue weighted by molar-refractivity contribution is 6.04. The fourth-order valence-electron chi connectivity index (χ4n) is 3.80. The summed E-state index contributed by atoms with van der Waals surface area (Å²) in [6.07, 6.45) is 1.78. The summed E-state index contributed by atoms with van der Waals surface area (Å²) in [6, 6.07) is 18.8. The summed E-state index contributed by atoms with van der Waals surface area (Å²) in [5.41, 5.74) is 17.2. The number of nitrogen functional groups attached to an aromatic ring is 1. The van der Waals surface area contributed by atoms with Crippen molar-refractivity contribution >= 4 is 28.5 Å². The molecule has 0 spiro atoms. The summed E-state index contributed by atoms with van der Waals surface area (Å²) in [6.45, 7) is 2.41. The number of ether oxygens (including phenoxy) is 2. The molecule has 1 heterocycles. The van der Waals surface area contributed by atoms with Crippen molar-refractivity contribution in [3.63, 3.8) is 0 Å². The fraction of sp³-hybridized carbons (Fsp3) is 0.154. The predicted molar refractivity (Wildman–Crippen MR) is 127 cm³/mol. The highest BCUT2D eigenvalue weighted by atomic mass is 16.5. The van der Waals surface area contributed by atoms with E-state index in [0.29, 0.717) is 35.8 Å². The zero-order valence-corrected chi connectivity index (χ0v) is 18.3. The molecular weight excluding hydrogens is 418 g/mol.